The van der Waals surface area contributed by atoms with Crippen molar-refractivity contribution in [1.82, 2.24) is 29.8 Å². The maximum absolute atomic E-state index is 5.91. The lowest BCUT2D eigenvalue weighted by Crippen LogP contribution is -2.51. The Bertz CT molecular complexity index is 1060. The number of hydrogen-bond donors (Lipinski definition) is 1. The second-order valence-corrected chi connectivity index (χ2v) is 24.8. The van der Waals surface area contributed by atoms with Gasteiger partial charge in [-0.15, -0.1) is 0 Å². The standard InChI is InChI=1S/C17H36N2O2.2C17H36N2O/c1-15(14-21-17(5,6)7)19-10-8-18(9-11-19)12-13-20-16(2,3)4;1-16(2,3)18-10-7-15-8-11-19(12-9-15)13-14-20-17(4,5)6;1-15(14-20-17(5,6)7)19-12-10-18(11-13-19)9-8-16(2,3)4/h15H,8-14H2,1-7H3;15,18H,7-14H2,1-6H3;15H,8-14H2,1-7H3. The topological polar surface area (TPSA) is 65.2 Å². The Morgan fingerprint density at radius 3 is 1.13 bits per heavy atom. The normalized spacial score (nSPS) is 20.5. The molecule has 0 amide bonds. The van der Waals surface area contributed by atoms with Gasteiger partial charge in [-0.2, -0.15) is 0 Å². The van der Waals surface area contributed by atoms with E-state index in [2.05, 4.69) is 168 Å². The first kappa shape index (κ1) is 58.6. The Balaban J connectivity index is 0.000000458. The van der Waals surface area contributed by atoms with Gasteiger partial charge in [0.2, 0.25) is 0 Å². The van der Waals surface area contributed by atoms with Gasteiger partial charge in [0.15, 0.2) is 0 Å². The SMILES string of the molecule is CC(C)(C)NCCC1CCN(CCOC(C)(C)C)CC1.CC(COC(C)(C)C)N1CCN(CCC(C)(C)C)CC1.CC(COC(C)(C)C)N1CCN(CCOC(C)(C)C)CC1. The van der Waals surface area contributed by atoms with Crippen LogP contribution in [-0.4, -0.2) is 183 Å². The predicted molar refractivity (Wildman–Crippen MR) is 263 cm³/mol. The highest BCUT2D eigenvalue weighted by atomic mass is 16.5. The second-order valence-electron chi connectivity index (χ2n) is 24.8. The first-order chi connectivity index (χ1) is 27.8. The molecule has 0 aromatic heterocycles. The van der Waals surface area contributed by atoms with E-state index in [9.17, 15) is 0 Å². The summed E-state index contributed by atoms with van der Waals surface area (Å²) in [6.07, 6.45) is 5.31. The molecule has 10 heteroatoms. The summed E-state index contributed by atoms with van der Waals surface area (Å²) in [6, 6.07) is 1.02. The van der Waals surface area contributed by atoms with Gasteiger partial charge in [0.25, 0.3) is 0 Å². The highest BCUT2D eigenvalue weighted by Crippen LogP contribution is 2.22. The molecule has 2 atom stereocenters. The van der Waals surface area contributed by atoms with Crippen LogP contribution in [0.15, 0.2) is 0 Å². The molecule has 61 heavy (non-hydrogen) atoms. The molecule has 3 heterocycles. The van der Waals surface area contributed by atoms with E-state index in [1.165, 1.54) is 71.5 Å². The van der Waals surface area contributed by atoms with Crippen molar-refractivity contribution in [2.75, 3.05) is 118 Å². The minimum absolute atomic E-state index is 0.00303. The Labute approximate surface area is 381 Å². The summed E-state index contributed by atoms with van der Waals surface area (Å²) >= 11 is 0. The van der Waals surface area contributed by atoms with Crippen LogP contribution >= 0.6 is 0 Å². The van der Waals surface area contributed by atoms with Crippen LogP contribution in [0.2, 0.25) is 0 Å². The summed E-state index contributed by atoms with van der Waals surface area (Å²) in [4.78, 5) is 12.8. The van der Waals surface area contributed by atoms with Crippen LogP contribution < -0.4 is 5.32 Å². The number of nitrogens with zero attached hydrogens (tertiary/aromatic N) is 5. The van der Waals surface area contributed by atoms with Gasteiger partial charge in [-0.3, -0.25) is 14.7 Å². The van der Waals surface area contributed by atoms with Gasteiger partial charge in [0, 0.05) is 83.1 Å². The molecule has 3 rings (SSSR count). The summed E-state index contributed by atoms with van der Waals surface area (Å²) in [6.45, 7) is 63.4. The smallest absolute Gasteiger partial charge is 0.0626 e. The molecule has 0 saturated carbocycles. The van der Waals surface area contributed by atoms with E-state index in [0.717, 1.165) is 78.2 Å². The minimum Gasteiger partial charge on any atom is -0.375 e. The highest BCUT2D eigenvalue weighted by Gasteiger charge is 2.26. The third-order valence-electron chi connectivity index (χ3n) is 11.6. The van der Waals surface area contributed by atoms with Gasteiger partial charge in [-0.05, 0) is 181 Å². The number of ether oxygens (including phenoxy) is 4. The molecule has 2 unspecified atom stereocenters. The van der Waals surface area contributed by atoms with Crippen LogP contribution in [0.1, 0.15) is 164 Å². The number of piperazine rings is 2. The summed E-state index contributed by atoms with van der Waals surface area (Å²) in [5.41, 5.74) is 0.608. The maximum atomic E-state index is 5.91. The zero-order valence-electron chi connectivity index (χ0n) is 44.7. The lowest BCUT2D eigenvalue weighted by Gasteiger charge is -2.39. The molecular formula is C51H108N6O4. The fourth-order valence-corrected chi connectivity index (χ4v) is 7.41. The van der Waals surface area contributed by atoms with Crippen molar-refractivity contribution in [3.05, 3.63) is 0 Å². The predicted octanol–water partition coefficient (Wildman–Crippen LogP) is 9.16. The van der Waals surface area contributed by atoms with Gasteiger partial charge in [0.1, 0.15) is 0 Å². The molecule has 3 fully saturated rings. The van der Waals surface area contributed by atoms with Crippen LogP contribution in [0.4, 0.5) is 0 Å². The van der Waals surface area contributed by atoms with Gasteiger partial charge >= 0.3 is 0 Å². The first-order valence-electron chi connectivity index (χ1n) is 24.8. The molecule has 0 radical (unpaired) electrons. The molecule has 3 aliphatic heterocycles. The number of likely N-dealkylation sites (tertiary alicyclic amines) is 1. The maximum Gasteiger partial charge on any atom is 0.0626 e. The molecule has 0 aliphatic carbocycles. The summed E-state index contributed by atoms with van der Waals surface area (Å²) < 4.78 is 23.4. The second kappa shape index (κ2) is 27.3. The lowest BCUT2D eigenvalue weighted by atomic mass is 9.92. The van der Waals surface area contributed by atoms with Crippen molar-refractivity contribution in [3.8, 4) is 0 Å². The van der Waals surface area contributed by atoms with E-state index < -0.39 is 0 Å². The third kappa shape index (κ3) is 33.7. The van der Waals surface area contributed by atoms with E-state index in [4.69, 9.17) is 18.9 Å². The number of hydrogen-bond acceptors (Lipinski definition) is 10. The molecule has 0 bridgehead atoms. The van der Waals surface area contributed by atoms with E-state index >= 15 is 0 Å². The fourth-order valence-electron chi connectivity index (χ4n) is 7.41. The van der Waals surface area contributed by atoms with Gasteiger partial charge in [-0.1, -0.05) is 20.8 Å². The fraction of sp³-hybridized carbons (Fsp3) is 1.00. The minimum atomic E-state index is -0.0413. The van der Waals surface area contributed by atoms with Crippen LogP contribution in [-0.2, 0) is 18.9 Å². The number of piperidine rings is 1. The first-order valence-corrected chi connectivity index (χ1v) is 24.8. The van der Waals surface area contributed by atoms with Crippen LogP contribution in [0.25, 0.3) is 0 Å². The van der Waals surface area contributed by atoms with Gasteiger partial charge < -0.3 is 34.1 Å². The highest BCUT2D eigenvalue weighted by molar-refractivity contribution is 4.80. The average molecular weight is 869 g/mol. The van der Waals surface area contributed by atoms with Crippen LogP contribution in [0, 0.1) is 11.3 Å². The largest absolute Gasteiger partial charge is 0.375 e. The molecule has 3 saturated heterocycles. The molecule has 0 spiro atoms. The zero-order chi connectivity index (χ0) is 46.7. The van der Waals surface area contributed by atoms with E-state index in [1.54, 1.807) is 0 Å². The van der Waals surface area contributed by atoms with Crippen molar-refractivity contribution >= 4 is 0 Å². The molecule has 10 nitrogen and oxygen atoms in total. The monoisotopic (exact) mass is 869 g/mol. The van der Waals surface area contributed by atoms with E-state index in [1.807, 2.05) is 0 Å². The Kier molecular flexibility index (Phi) is 26.2. The average Bonchev–Trinajstić information content (AvgIpc) is 3.11. The quantitative estimate of drug-likeness (QED) is 0.153. The van der Waals surface area contributed by atoms with Crippen molar-refractivity contribution in [1.29, 1.82) is 0 Å². The summed E-state index contributed by atoms with van der Waals surface area (Å²) in [7, 11) is 0. The van der Waals surface area contributed by atoms with E-state index in [-0.39, 0.29) is 27.9 Å². The molecular weight excluding hydrogens is 761 g/mol. The molecule has 0 aromatic rings. The van der Waals surface area contributed by atoms with Crippen molar-refractivity contribution < 1.29 is 18.9 Å². The van der Waals surface area contributed by atoms with Gasteiger partial charge in [0.05, 0.1) is 48.8 Å². The van der Waals surface area contributed by atoms with Crippen molar-refractivity contribution in [2.45, 2.75) is 204 Å². The zero-order valence-corrected chi connectivity index (χ0v) is 44.7. The summed E-state index contributed by atoms with van der Waals surface area (Å²) in [5.74, 6) is 0.907. The Hall–Kier alpha value is -0.400. The van der Waals surface area contributed by atoms with Gasteiger partial charge in [-0.25, -0.2) is 0 Å². The lowest BCUT2D eigenvalue weighted by molar-refractivity contribution is -0.0440. The summed E-state index contributed by atoms with van der Waals surface area (Å²) in [5, 5.41) is 3.60. The van der Waals surface area contributed by atoms with E-state index in [0.29, 0.717) is 17.5 Å². The third-order valence-corrected chi connectivity index (χ3v) is 11.6. The number of rotatable bonds is 17. The van der Waals surface area contributed by atoms with Crippen LogP contribution in [0.3, 0.4) is 0 Å². The molecule has 366 valence electrons. The Morgan fingerprint density at radius 1 is 0.459 bits per heavy atom. The van der Waals surface area contributed by atoms with Crippen molar-refractivity contribution in [2.24, 2.45) is 11.3 Å². The molecule has 0 aromatic carbocycles. The van der Waals surface area contributed by atoms with Crippen molar-refractivity contribution in [3.63, 3.8) is 0 Å². The molecule has 3 aliphatic rings. The van der Waals surface area contributed by atoms with Crippen LogP contribution in [0.5, 0.6) is 0 Å². The Morgan fingerprint density at radius 2 is 0.803 bits per heavy atom. The molecule has 1 N–H and O–H groups in total. The number of nitrogens with one attached hydrogen (secondary N) is 1.